The molecule has 1 N–H and O–H groups in total. The molecule has 1 atom stereocenters. The first kappa shape index (κ1) is 17.0. The fourth-order valence-electron chi connectivity index (χ4n) is 4.10. The molecule has 0 radical (unpaired) electrons. The number of carbonyl (C=O) groups excluding carboxylic acids is 1. The Morgan fingerprint density at radius 1 is 0.923 bits per heavy atom. The van der Waals surface area contributed by atoms with Crippen LogP contribution in [-0.4, -0.2) is 31.6 Å². The lowest BCUT2D eigenvalue weighted by Gasteiger charge is -2.31. The van der Waals surface area contributed by atoms with Gasteiger partial charge in [0, 0.05) is 25.3 Å². The van der Waals surface area contributed by atoms with Crippen molar-refractivity contribution in [1.82, 2.24) is 0 Å². The molecule has 2 aromatic carbocycles. The van der Waals surface area contributed by atoms with Crippen molar-refractivity contribution in [2.75, 3.05) is 34.8 Å². The van der Waals surface area contributed by atoms with Crippen molar-refractivity contribution in [2.45, 2.75) is 38.6 Å². The van der Waals surface area contributed by atoms with Crippen LogP contribution in [0.2, 0.25) is 0 Å². The second-order valence-corrected chi connectivity index (χ2v) is 7.30. The average molecular weight is 349 g/mol. The monoisotopic (exact) mass is 349 g/mol. The molecule has 2 aromatic rings. The number of rotatable bonds is 4. The highest BCUT2D eigenvalue weighted by Crippen LogP contribution is 2.31. The average Bonchev–Trinajstić information content (AvgIpc) is 3.12. The van der Waals surface area contributed by atoms with Crippen molar-refractivity contribution in [3.63, 3.8) is 0 Å². The highest BCUT2D eigenvalue weighted by Gasteiger charge is 2.28. The normalized spacial score (nSPS) is 17.7. The minimum absolute atomic E-state index is 0.142. The zero-order chi connectivity index (χ0) is 17.9. The number of fused-ring (bicyclic) bond motifs is 1. The first-order chi connectivity index (χ1) is 12.7. The molecule has 2 heterocycles. The molecule has 0 aliphatic carbocycles. The fraction of sp³-hybridized carbons (Fsp3) is 0.409. The number of carbonyl (C=O) groups is 1. The van der Waals surface area contributed by atoms with E-state index in [1.54, 1.807) is 0 Å². The molecule has 0 spiro atoms. The van der Waals surface area contributed by atoms with Crippen LogP contribution in [0.1, 0.15) is 31.7 Å². The topological polar surface area (TPSA) is 35.6 Å². The SMILES string of the molecule is C[C@@H](Nc1ccccc1N1CCCCC1)C(=O)N1CCc2ccccc21. The number of anilines is 3. The Morgan fingerprint density at radius 3 is 2.42 bits per heavy atom. The van der Waals surface area contributed by atoms with E-state index in [9.17, 15) is 4.79 Å². The lowest BCUT2D eigenvalue weighted by molar-refractivity contribution is -0.118. The second-order valence-electron chi connectivity index (χ2n) is 7.30. The fourth-order valence-corrected chi connectivity index (χ4v) is 4.10. The van der Waals surface area contributed by atoms with E-state index in [-0.39, 0.29) is 11.9 Å². The Labute approximate surface area is 155 Å². The summed E-state index contributed by atoms with van der Waals surface area (Å²) in [6.07, 6.45) is 4.75. The van der Waals surface area contributed by atoms with Crippen molar-refractivity contribution in [3.05, 3.63) is 54.1 Å². The molecule has 1 fully saturated rings. The minimum Gasteiger partial charge on any atom is -0.372 e. The van der Waals surface area contributed by atoms with Crippen LogP contribution in [0.5, 0.6) is 0 Å². The van der Waals surface area contributed by atoms with Gasteiger partial charge in [-0.05, 0) is 56.4 Å². The lowest BCUT2D eigenvalue weighted by Crippen LogP contribution is -2.41. The molecule has 0 unspecified atom stereocenters. The zero-order valence-electron chi connectivity index (χ0n) is 15.4. The van der Waals surface area contributed by atoms with Gasteiger partial charge in [-0.2, -0.15) is 0 Å². The molecule has 4 heteroatoms. The van der Waals surface area contributed by atoms with Gasteiger partial charge in [-0.3, -0.25) is 4.79 Å². The van der Waals surface area contributed by atoms with Crippen molar-refractivity contribution in [2.24, 2.45) is 0 Å². The molecule has 4 nitrogen and oxygen atoms in total. The summed E-state index contributed by atoms with van der Waals surface area (Å²) < 4.78 is 0. The van der Waals surface area contributed by atoms with Crippen molar-refractivity contribution in [1.29, 1.82) is 0 Å². The van der Waals surface area contributed by atoms with Crippen LogP contribution in [0.25, 0.3) is 0 Å². The van der Waals surface area contributed by atoms with Crippen LogP contribution in [0.15, 0.2) is 48.5 Å². The summed E-state index contributed by atoms with van der Waals surface area (Å²) in [5, 5.41) is 3.48. The molecule has 0 saturated carbocycles. The summed E-state index contributed by atoms with van der Waals surface area (Å²) in [5.41, 5.74) is 4.61. The van der Waals surface area contributed by atoms with Gasteiger partial charge in [0.15, 0.2) is 0 Å². The molecule has 0 bridgehead atoms. The lowest BCUT2D eigenvalue weighted by atomic mass is 10.1. The quantitative estimate of drug-likeness (QED) is 0.904. The molecule has 136 valence electrons. The van der Waals surface area contributed by atoms with Gasteiger partial charge in [-0.1, -0.05) is 30.3 Å². The van der Waals surface area contributed by atoms with Crippen molar-refractivity contribution in [3.8, 4) is 0 Å². The molecule has 1 amide bonds. The van der Waals surface area contributed by atoms with Gasteiger partial charge in [0.1, 0.15) is 6.04 Å². The van der Waals surface area contributed by atoms with Crippen LogP contribution < -0.4 is 15.1 Å². The summed E-state index contributed by atoms with van der Waals surface area (Å²) in [6.45, 7) is 4.94. The van der Waals surface area contributed by atoms with Gasteiger partial charge < -0.3 is 15.1 Å². The number of amides is 1. The zero-order valence-corrected chi connectivity index (χ0v) is 15.4. The summed E-state index contributed by atoms with van der Waals surface area (Å²) in [4.78, 5) is 17.4. The van der Waals surface area contributed by atoms with Gasteiger partial charge in [-0.25, -0.2) is 0 Å². The molecule has 26 heavy (non-hydrogen) atoms. The Balaban J connectivity index is 1.50. The number of hydrogen-bond donors (Lipinski definition) is 1. The van der Waals surface area contributed by atoms with E-state index in [0.29, 0.717) is 0 Å². The number of nitrogens with one attached hydrogen (secondary N) is 1. The highest BCUT2D eigenvalue weighted by atomic mass is 16.2. The summed E-state index contributed by atoms with van der Waals surface area (Å²) in [7, 11) is 0. The van der Waals surface area contributed by atoms with E-state index < -0.39 is 0 Å². The van der Waals surface area contributed by atoms with Gasteiger partial charge in [0.2, 0.25) is 5.91 Å². The smallest absolute Gasteiger partial charge is 0.249 e. The maximum atomic E-state index is 13.0. The van der Waals surface area contributed by atoms with E-state index >= 15 is 0 Å². The van der Waals surface area contributed by atoms with E-state index in [1.165, 1.54) is 30.5 Å². The van der Waals surface area contributed by atoms with Gasteiger partial charge in [0.25, 0.3) is 0 Å². The second kappa shape index (κ2) is 7.40. The largest absolute Gasteiger partial charge is 0.372 e. The third kappa shape index (κ3) is 3.28. The van der Waals surface area contributed by atoms with Crippen LogP contribution in [0.4, 0.5) is 17.1 Å². The third-order valence-electron chi connectivity index (χ3n) is 5.50. The number of benzene rings is 2. The highest BCUT2D eigenvalue weighted by molar-refractivity contribution is 6.00. The first-order valence-corrected chi connectivity index (χ1v) is 9.74. The molecule has 4 rings (SSSR count). The molecule has 1 saturated heterocycles. The molecule has 2 aliphatic heterocycles. The molecular formula is C22H27N3O. The van der Waals surface area contributed by atoms with Gasteiger partial charge in [0.05, 0.1) is 11.4 Å². The predicted molar refractivity (Wildman–Crippen MR) is 108 cm³/mol. The van der Waals surface area contributed by atoms with Crippen LogP contribution in [0.3, 0.4) is 0 Å². The van der Waals surface area contributed by atoms with E-state index in [2.05, 4.69) is 40.5 Å². The Morgan fingerprint density at radius 2 is 1.62 bits per heavy atom. The number of piperidine rings is 1. The number of nitrogens with zero attached hydrogens (tertiary/aromatic N) is 2. The van der Waals surface area contributed by atoms with Crippen LogP contribution in [0, 0.1) is 0 Å². The minimum atomic E-state index is -0.257. The maximum Gasteiger partial charge on any atom is 0.249 e. The Kier molecular flexibility index (Phi) is 4.83. The standard InChI is InChI=1S/C22H27N3O/c1-17(22(26)25-16-13-18-9-3-5-11-20(18)25)23-19-10-4-6-12-21(19)24-14-7-2-8-15-24/h3-6,9-12,17,23H,2,7-8,13-16H2,1H3/t17-/m1/s1. The molecular weight excluding hydrogens is 322 g/mol. The van der Waals surface area contributed by atoms with Gasteiger partial charge in [-0.15, -0.1) is 0 Å². The van der Waals surface area contributed by atoms with Crippen molar-refractivity contribution >= 4 is 23.0 Å². The summed E-state index contributed by atoms with van der Waals surface area (Å²) in [6, 6.07) is 16.3. The molecule has 0 aromatic heterocycles. The van der Waals surface area contributed by atoms with Crippen LogP contribution in [-0.2, 0) is 11.2 Å². The van der Waals surface area contributed by atoms with Crippen molar-refractivity contribution < 1.29 is 4.79 Å². The molecule has 2 aliphatic rings. The number of hydrogen-bond acceptors (Lipinski definition) is 3. The summed E-state index contributed by atoms with van der Waals surface area (Å²) >= 11 is 0. The summed E-state index contributed by atoms with van der Waals surface area (Å²) in [5.74, 6) is 0.142. The number of para-hydroxylation sites is 3. The van der Waals surface area contributed by atoms with Crippen LogP contribution >= 0.6 is 0 Å². The van der Waals surface area contributed by atoms with E-state index in [0.717, 1.165) is 37.4 Å². The van der Waals surface area contributed by atoms with Gasteiger partial charge >= 0.3 is 0 Å². The maximum absolute atomic E-state index is 13.0. The van der Waals surface area contributed by atoms with E-state index in [4.69, 9.17) is 0 Å². The Hall–Kier alpha value is -2.49. The predicted octanol–water partition coefficient (Wildman–Crippen LogP) is 4.07. The first-order valence-electron chi connectivity index (χ1n) is 9.74. The van der Waals surface area contributed by atoms with E-state index in [1.807, 2.05) is 30.0 Å². The third-order valence-corrected chi connectivity index (χ3v) is 5.50. The Bertz CT molecular complexity index is 782.